The van der Waals surface area contributed by atoms with Gasteiger partial charge in [0.1, 0.15) is 31.3 Å². The molecule has 49 heavy (non-hydrogen) atoms. The number of amides is 5. The molecule has 5 N–H and O–H groups in total. The monoisotopic (exact) mass is 685 g/mol. The van der Waals surface area contributed by atoms with Crippen LogP contribution < -0.4 is 21.3 Å². The first-order valence-electron chi connectivity index (χ1n) is 17.3. The first kappa shape index (κ1) is 39.0. The molecule has 0 aromatic heterocycles. The zero-order chi connectivity index (χ0) is 35.9. The van der Waals surface area contributed by atoms with Gasteiger partial charge in [-0.05, 0) is 55.9 Å². The molecule has 3 rings (SSSR count). The van der Waals surface area contributed by atoms with Gasteiger partial charge >= 0.3 is 12.1 Å². The third kappa shape index (κ3) is 12.2. The lowest BCUT2D eigenvalue weighted by molar-refractivity contribution is -0.145. The van der Waals surface area contributed by atoms with Crippen LogP contribution in [0.1, 0.15) is 90.5 Å². The van der Waals surface area contributed by atoms with Gasteiger partial charge in [0, 0.05) is 6.54 Å². The van der Waals surface area contributed by atoms with Crippen molar-refractivity contribution in [1.82, 2.24) is 26.2 Å². The van der Waals surface area contributed by atoms with Gasteiger partial charge in [0.2, 0.25) is 23.5 Å². The first-order chi connectivity index (χ1) is 23.4. The summed E-state index contributed by atoms with van der Waals surface area (Å²) in [4.78, 5) is 91.7. The minimum atomic E-state index is -1.31. The molecule has 1 saturated carbocycles. The summed E-state index contributed by atoms with van der Waals surface area (Å²) < 4.78 is 5.36. The first-order valence-corrected chi connectivity index (χ1v) is 17.3. The minimum absolute atomic E-state index is 0.0298. The summed E-state index contributed by atoms with van der Waals surface area (Å²) in [5.74, 6) is -5.07. The summed E-state index contributed by atoms with van der Waals surface area (Å²) >= 11 is 0. The molecule has 5 amide bonds. The number of carboxylic acid groups (broad SMARTS) is 1. The minimum Gasteiger partial charge on any atom is -0.480 e. The van der Waals surface area contributed by atoms with Crippen LogP contribution in [0.2, 0.25) is 0 Å². The van der Waals surface area contributed by atoms with E-state index in [1.165, 1.54) is 4.90 Å². The topological polar surface area (TPSA) is 200 Å². The highest BCUT2D eigenvalue weighted by molar-refractivity contribution is 6.38. The quantitative estimate of drug-likeness (QED) is 0.153. The van der Waals surface area contributed by atoms with Gasteiger partial charge in [-0.1, -0.05) is 76.8 Å². The lowest BCUT2D eigenvalue weighted by Gasteiger charge is -2.35. The summed E-state index contributed by atoms with van der Waals surface area (Å²) in [6, 6.07) is 5.12. The van der Waals surface area contributed by atoms with Gasteiger partial charge in [0.25, 0.3) is 5.91 Å². The Bertz CT molecular complexity index is 1320. The molecule has 0 radical (unpaired) electrons. The van der Waals surface area contributed by atoms with Crippen molar-refractivity contribution >= 4 is 41.5 Å². The van der Waals surface area contributed by atoms with Crippen molar-refractivity contribution < 1.29 is 43.4 Å². The number of carbonyl (C=O) groups excluding carboxylic acids is 6. The van der Waals surface area contributed by atoms with Crippen molar-refractivity contribution in [1.29, 1.82) is 0 Å². The number of aliphatic carboxylic acids is 1. The van der Waals surface area contributed by atoms with Crippen molar-refractivity contribution in [3.63, 3.8) is 0 Å². The summed E-state index contributed by atoms with van der Waals surface area (Å²) in [6.07, 6.45) is 5.20. The molecule has 2 fully saturated rings. The second kappa shape index (κ2) is 19.5. The Morgan fingerprint density at radius 3 is 2.22 bits per heavy atom. The van der Waals surface area contributed by atoms with Crippen LogP contribution in [-0.4, -0.2) is 88.7 Å². The van der Waals surface area contributed by atoms with E-state index in [2.05, 4.69) is 16.0 Å². The number of benzene rings is 1. The lowest BCUT2D eigenvalue weighted by Crippen LogP contribution is -2.60. The van der Waals surface area contributed by atoms with Gasteiger partial charge in [-0.25, -0.2) is 4.79 Å². The predicted octanol–water partition coefficient (Wildman–Crippen LogP) is 2.44. The maximum Gasteiger partial charge on any atom is 0.408 e. The van der Waals surface area contributed by atoms with Crippen molar-refractivity contribution in [2.24, 2.45) is 11.8 Å². The fourth-order valence-corrected chi connectivity index (χ4v) is 6.42. The smallest absolute Gasteiger partial charge is 0.408 e. The molecule has 1 aromatic carbocycles. The second-order valence-electron chi connectivity index (χ2n) is 13.3. The number of nitrogens with one attached hydrogen (secondary N) is 4. The molecule has 1 aliphatic heterocycles. The Morgan fingerprint density at radius 1 is 0.898 bits per heavy atom. The number of carboxylic acids is 1. The van der Waals surface area contributed by atoms with Crippen LogP contribution in [-0.2, 0) is 40.1 Å². The summed E-state index contributed by atoms with van der Waals surface area (Å²) in [6.45, 7) is 5.17. The number of hydrogen-bond acceptors (Lipinski definition) is 8. The molecule has 14 nitrogen and oxygen atoms in total. The van der Waals surface area contributed by atoms with Crippen molar-refractivity contribution in [2.45, 2.75) is 116 Å². The molecule has 2 aliphatic rings. The van der Waals surface area contributed by atoms with Crippen LogP contribution >= 0.6 is 0 Å². The number of hydrogen-bond donors (Lipinski definition) is 5. The molecule has 1 saturated heterocycles. The number of rotatable bonds is 17. The molecule has 14 heteroatoms. The molecule has 0 bridgehead atoms. The molecule has 4 unspecified atom stereocenters. The zero-order valence-electron chi connectivity index (χ0n) is 28.7. The van der Waals surface area contributed by atoms with E-state index >= 15 is 0 Å². The van der Waals surface area contributed by atoms with E-state index < -0.39 is 72.2 Å². The Labute approximate surface area is 287 Å². The molecule has 1 aromatic rings. The number of ether oxygens (including phenoxy) is 1. The number of nitrogens with zero attached hydrogens (tertiary/aromatic N) is 1. The van der Waals surface area contributed by atoms with Gasteiger partial charge in [-0.2, -0.15) is 0 Å². The third-order valence-corrected chi connectivity index (χ3v) is 8.89. The van der Waals surface area contributed by atoms with Crippen LogP contribution in [0.5, 0.6) is 0 Å². The maximum atomic E-state index is 14.3. The van der Waals surface area contributed by atoms with Crippen LogP contribution in [0.15, 0.2) is 30.3 Å². The Kier molecular flexibility index (Phi) is 15.5. The largest absolute Gasteiger partial charge is 0.480 e. The van der Waals surface area contributed by atoms with Crippen LogP contribution in [0.3, 0.4) is 0 Å². The molecular formula is C35H51N5O9. The molecule has 1 heterocycles. The predicted molar refractivity (Wildman–Crippen MR) is 179 cm³/mol. The Morgan fingerprint density at radius 2 is 1.59 bits per heavy atom. The number of Topliss-reactive ketones (excluding diaryl/α,β-unsaturated/α-hetero) is 1. The number of carbonyl (C=O) groups is 7. The lowest BCUT2D eigenvalue weighted by atomic mass is 9.83. The summed E-state index contributed by atoms with van der Waals surface area (Å²) in [7, 11) is 0. The van der Waals surface area contributed by atoms with Crippen molar-refractivity contribution in [2.75, 3.05) is 13.1 Å². The van der Waals surface area contributed by atoms with Crippen LogP contribution in [0.25, 0.3) is 0 Å². The fraction of sp³-hybridized carbons (Fsp3) is 0.629. The van der Waals surface area contributed by atoms with Gasteiger partial charge in [0.05, 0.1) is 6.04 Å². The van der Waals surface area contributed by atoms with E-state index in [-0.39, 0.29) is 31.4 Å². The molecule has 1 aliphatic carbocycles. The van der Waals surface area contributed by atoms with E-state index in [9.17, 15) is 33.6 Å². The van der Waals surface area contributed by atoms with Gasteiger partial charge in [-0.15, -0.1) is 0 Å². The number of ketones is 1. The maximum absolute atomic E-state index is 14.3. The van der Waals surface area contributed by atoms with Crippen molar-refractivity contribution in [3.8, 4) is 0 Å². The fourth-order valence-electron chi connectivity index (χ4n) is 6.42. The number of likely N-dealkylation sites (tertiary alicyclic amines) is 1. The molecule has 270 valence electrons. The molecule has 0 spiro atoms. The Balaban J connectivity index is 1.74. The van der Waals surface area contributed by atoms with Crippen molar-refractivity contribution in [3.05, 3.63) is 35.9 Å². The third-order valence-electron chi connectivity index (χ3n) is 8.89. The van der Waals surface area contributed by atoms with Crippen LogP contribution in [0, 0.1) is 11.8 Å². The van der Waals surface area contributed by atoms with E-state index in [4.69, 9.17) is 9.84 Å². The van der Waals surface area contributed by atoms with E-state index in [1.54, 1.807) is 6.92 Å². The van der Waals surface area contributed by atoms with Gasteiger partial charge < -0.3 is 36.0 Å². The van der Waals surface area contributed by atoms with E-state index in [0.29, 0.717) is 38.5 Å². The highest BCUT2D eigenvalue weighted by Crippen LogP contribution is 2.29. The van der Waals surface area contributed by atoms with Crippen LogP contribution in [0.4, 0.5) is 4.79 Å². The average molecular weight is 686 g/mol. The SMILES string of the molecule is CCCC(NC(=O)C1CCCN1C(=O)C(NC(=O)C(CC(C)C)NC(=O)OCc1ccccc1)C1CCCCC1)C(=O)C(=O)NCC(=O)O. The summed E-state index contributed by atoms with van der Waals surface area (Å²) in [5.41, 5.74) is 0.793. The average Bonchev–Trinajstić information content (AvgIpc) is 3.58. The highest BCUT2D eigenvalue weighted by Gasteiger charge is 2.42. The summed E-state index contributed by atoms with van der Waals surface area (Å²) in [5, 5.41) is 19.1. The van der Waals surface area contributed by atoms with Gasteiger partial charge in [0.15, 0.2) is 0 Å². The number of alkyl carbamates (subject to hydrolysis) is 1. The van der Waals surface area contributed by atoms with Gasteiger partial charge in [-0.3, -0.25) is 28.8 Å². The Hall–Kier alpha value is -4.49. The normalized spacial score (nSPS) is 18.1. The standard InChI is InChI=1S/C35H51N5O9/c1-4-12-25(30(43)33(46)36-20-28(41)42)37-32(45)27-17-11-18-40(27)34(47)29(24-15-9-6-10-16-24)39-31(44)26(19-22(2)3)38-35(48)49-21-23-13-7-5-8-14-23/h5,7-8,13-14,22,24-27,29H,4,6,9-12,15-21H2,1-3H3,(H,36,46)(H,37,45)(H,38,48)(H,39,44)(H,41,42). The zero-order valence-corrected chi connectivity index (χ0v) is 28.7. The highest BCUT2D eigenvalue weighted by atomic mass is 16.5. The molecular weight excluding hydrogens is 634 g/mol. The molecule has 4 atom stereocenters. The second-order valence-corrected chi connectivity index (χ2v) is 13.3. The van der Waals surface area contributed by atoms with E-state index in [0.717, 1.165) is 24.8 Å². The van der Waals surface area contributed by atoms with E-state index in [1.807, 2.05) is 49.5 Å².